The van der Waals surface area contributed by atoms with Crippen LogP contribution in [0.5, 0.6) is 0 Å². The van der Waals surface area contributed by atoms with E-state index in [-0.39, 0.29) is 11.4 Å². The first kappa shape index (κ1) is 23.1. The lowest BCUT2D eigenvalue weighted by Gasteiger charge is -2.26. The summed E-state index contributed by atoms with van der Waals surface area (Å²) in [4.78, 5) is 35.6. The van der Waals surface area contributed by atoms with Crippen LogP contribution in [0.15, 0.2) is 55.0 Å². The van der Waals surface area contributed by atoms with Crippen LogP contribution in [-0.4, -0.2) is 54.8 Å². The first-order valence-corrected chi connectivity index (χ1v) is 11.6. The molecule has 1 saturated heterocycles. The van der Waals surface area contributed by atoms with E-state index in [4.69, 9.17) is 5.26 Å². The predicted octanol–water partition coefficient (Wildman–Crippen LogP) is 4.13. The van der Waals surface area contributed by atoms with Crippen LogP contribution in [0.3, 0.4) is 0 Å². The van der Waals surface area contributed by atoms with E-state index in [0.29, 0.717) is 16.6 Å². The first-order valence-electron chi connectivity index (χ1n) is 11.6. The minimum Gasteiger partial charge on any atom is -0.476 e. The fourth-order valence-electron chi connectivity index (χ4n) is 4.43. The van der Waals surface area contributed by atoms with Crippen LogP contribution in [-0.2, 0) is 6.54 Å². The van der Waals surface area contributed by atoms with Gasteiger partial charge in [-0.2, -0.15) is 15.0 Å². The molecule has 36 heavy (non-hydrogen) atoms. The molecule has 1 amide bonds. The summed E-state index contributed by atoms with van der Waals surface area (Å²) >= 11 is 0. The summed E-state index contributed by atoms with van der Waals surface area (Å²) in [6, 6.07) is 11.6. The molecule has 0 aliphatic carbocycles. The molecule has 0 saturated carbocycles. The molecule has 0 bridgehead atoms. The topological polar surface area (TPSA) is 137 Å². The van der Waals surface area contributed by atoms with E-state index in [1.807, 2.05) is 18.3 Å². The van der Waals surface area contributed by atoms with Crippen LogP contribution in [0.1, 0.15) is 41.0 Å². The zero-order valence-electron chi connectivity index (χ0n) is 19.4. The molecule has 0 radical (unpaired) electrons. The number of fused-ring (bicyclic) bond motifs is 1. The number of hydrogen-bond acceptors (Lipinski definition) is 7. The van der Waals surface area contributed by atoms with Crippen LogP contribution >= 0.6 is 0 Å². The van der Waals surface area contributed by atoms with Crippen molar-refractivity contribution in [1.29, 1.82) is 5.26 Å². The monoisotopic (exact) mass is 481 g/mol. The molecule has 1 fully saturated rings. The molecule has 0 spiro atoms. The van der Waals surface area contributed by atoms with Gasteiger partial charge in [0.25, 0.3) is 0 Å². The summed E-state index contributed by atoms with van der Waals surface area (Å²) in [5, 5.41) is 25.7. The fraction of sp³-hybridized carbons (Fsp3) is 0.231. The van der Waals surface area contributed by atoms with Gasteiger partial charge < -0.3 is 10.4 Å². The van der Waals surface area contributed by atoms with Gasteiger partial charge in [-0.1, -0.05) is 12.5 Å². The van der Waals surface area contributed by atoms with Crippen molar-refractivity contribution in [1.82, 2.24) is 24.6 Å². The SMILES string of the molecule is N#Cc1ccc(NC(=O)n2nc(C(=O)O)c3cc(-c4cncc(CN5CCCCC5)c4)ccc32)cn1. The molecule has 10 heteroatoms. The van der Waals surface area contributed by atoms with Gasteiger partial charge in [0.2, 0.25) is 0 Å². The van der Waals surface area contributed by atoms with Crippen molar-refractivity contribution in [2.24, 2.45) is 0 Å². The van der Waals surface area contributed by atoms with Crippen molar-refractivity contribution < 1.29 is 14.7 Å². The Hall–Kier alpha value is -4.62. The van der Waals surface area contributed by atoms with Gasteiger partial charge in [-0.3, -0.25) is 9.88 Å². The third-order valence-corrected chi connectivity index (χ3v) is 6.19. The summed E-state index contributed by atoms with van der Waals surface area (Å²) in [6.45, 7) is 2.99. The van der Waals surface area contributed by atoms with Gasteiger partial charge in [0, 0.05) is 29.9 Å². The molecular formula is C26H23N7O3. The number of rotatable bonds is 5. The minimum absolute atomic E-state index is 0.215. The highest BCUT2D eigenvalue weighted by atomic mass is 16.4. The number of likely N-dealkylation sites (tertiary alicyclic amines) is 1. The number of nitriles is 1. The molecular weight excluding hydrogens is 458 g/mol. The maximum atomic E-state index is 12.9. The first-order chi connectivity index (χ1) is 17.5. The zero-order valence-corrected chi connectivity index (χ0v) is 19.4. The van der Waals surface area contributed by atoms with Crippen LogP contribution < -0.4 is 5.32 Å². The number of anilines is 1. The zero-order chi connectivity index (χ0) is 25.1. The second kappa shape index (κ2) is 9.93. The quantitative estimate of drug-likeness (QED) is 0.434. The highest BCUT2D eigenvalue weighted by molar-refractivity contribution is 6.06. The summed E-state index contributed by atoms with van der Waals surface area (Å²) in [5.41, 5.74) is 3.45. The van der Waals surface area contributed by atoms with Crippen LogP contribution in [0, 0.1) is 11.3 Å². The summed E-state index contributed by atoms with van der Waals surface area (Å²) in [6.07, 6.45) is 8.65. The highest BCUT2D eigenvalue weighted by Gasteiger charge is 2.21. The smallest absolute Gasteiger partial charge is 0.357 e. The van der Waals surface area contributed by atoms with E-state index in [9.17, 15) is 14.7 Å². The molecule has 1 aliphatic heterocycles. The summed E-state index contributed by atoms with van der Waals surface area (Å²) in [5.74, 6) is -1.24. The van der Waals surface area contributed by atoms with Gasteiger partial charge in [0.1, 0.15) is 11.8 Å². The number of carbonyl (C=O) groups is 2. The van der Waals surface area contributed by atoms with Crippen LogP contribution in [0.2, 0.25) is 0 Å². The van der Waals surface area contributed by atoms with Crippen molar-refractivity contribution in [3.05, 3.63) is 71.9 Å². The third kappa shape index (κ3) is 4.78. The number of nitrogens with one attached hydrogen (secondary N) is 1. The van der Waals surface area contributed by atoms with Crippen molar-refractivity contribution in [2.45, 2.75) is 25.8 Å². The van der Waals surface area contributed by atoms with Crippen molar-refractivity contribution in [3.63, 3.8) is 0 Å². The van der Waals surface area contributed by atoms with Gasteiger partial charge in [-0.15, -0.1) is 0 Å². The van der Waals surface area contributed by atoms with Crippen molar-refractivity contribution in [3.8, 4) is 17.2 Å². The molecule has 0 unspecified atom stereocenters. The lowest BCUT2D eigenvalue weighted by molar-refractivity contribution is 0.0692. The highest BCUT2D eigenvalue weighted by Crippen LogP contribution is 2.28. The normalized spacial score (nSPS) is 13.9. The number of piperidine rings is 1. The van der Waals surface area contributed by atoms with E-state index < -0.39 is 12.0 Å². The largest absolute Gasteiger partial charge is 0.476 e. The summed E-state index contributed by atoms with van der Waals surface area (Å²) < 4.78 is 1.02. The lowest BCUT2D eigenvalue weighted by atomic mass is 10.0. The molecule has 180 valence electrons. The van der Waals surface area contributed by atoms with E-state index >= 15 is 0 Å². The number of carboxylic acid groups (broad SMARTS) is 1. The number of hydrogen-bond donors (Lipinski definition) is 2. The predicted molar refractivity (Wildman–Crippen MR) is 132 cm³/mol. The number of carboxylic acids is 1. The molecule has 1 aromatic carbocycles. The van der Waals surface area contributed by atoms with Gasteiger partial charge in [0.05, 0.1) is 17.4 Å². The van der Waals surface area contributed by atoms with Gasteiger partial charge in [0.15, 0.2) is 5.69 Å². The average Bonchev–Trinajstić information content (AvgIpc) is 3.29. The second-order valence-electron chi connectivity index (χ2n) is 8.69. The molecule has 3 aromatic heterocycles. The molecule has 0 atom stereocenters. The number of pyridine rings is 2. The van der Waals surface area contributed by atoms with E-state index in [2.05, 4.69) is 31.3 Å². The van der Waals surface area contributed by atoms with Crippen LogP contribution in [0.4, 0.5) is 10.5 Å². The Balaban J connectivity index is 1.45. The van der Waals surface area contributed by atoms with Gasteiger partial charge in [-0.05, 0) is 67.4 Å². The minimum atomic E-state index is -1.24. The standard InChI is InChI=1S/C26H23N7O3/c27-12-20-5-6-21(15-29-20)30-26(36)33-23-7-4-18(11-22(23)24(31-33)25(34)35)19-10-17(13-28-14-19)16-32-8-2-1-3-9-32/h4-7,10-11,13-15H,1-3,8-9,16H2,(H,30,36)(H,34,35). The van der Waals surface area contributed by atoms with Gasteiger partial charge in [-0.25, -0.2) is 14.6 Å². The molecule has 4 heterocycles. The average molecular weight is 482 g/mol. The molecule has 1 aliphatic rings. The fourth-order valence-corrected chi connectivity index (χ4v) is 4.43. The maximum Gasteiger partial charge on any atom is 0.357 e. The van der Waals surface area contributed by atoms with E-state index in [1.165, 1.54) is 37.6 Å². The number of benzene rings is 1. The van der Waals surface area contributed by atoms with E-state index in [1.54, 1.807) is 18.3 Å². The molecule has 5 rings (SSSR count). The van der Waals surface area contributed by atoms with Crippen molar-refractivity contribution in [2.75, 3.05) is 18.4 Å². The molecule has 10 nitrogen and oxygen atoms in total. The van der Waals surface area contributed by atoms with Crippen LogP contribution in [0.25, 0.3) is 22.0 Å². The van der Waals surface area contributed by atoms with E-state index in [0.717, 1.165) is 41.0 Å². The van der Waals surface area contributed by atoms with Crippen molar-refractivity contribution >= 4 is 28.6 Å². The Morgan fingerprint density at radius 2 is 1.86 bits per heavy atom. The second-order valence-corrected chi connectivity index (χ2v) is 8.69. The van der Waals surface area contributed by atoms with Gasteiger partial charge >= 0.3 is 12.0 Å². The number of amides is 1. The Kier molecular flexibility index (Phi) is 6.38. The number of nitrogens with zero attached hydrogens (tertiary/aromatic N) is 6. The third-order valence-electron chi connectivity index (χ3n) is 6.19. The Morgan fingerprint density at radius 1 is 1.03 bits per heavy atom. The Bertz CT molecular complexity index is 1480. The molecule has 4 aromatic rings. The number of carbonyl (C=O) groups excluding carboxylic acids is 1. The number of aromatic nitrogens is 4. The summed E-state index contributed by atoms with van der Waals surface area (Å²) in [7, 11) is 0. The molecule has 2 N–H and O–H groups in total. The Labute approximate surface area is 206 Å². The Morgan fingerprint density at radius 3 is 2.58 bits per heavy atom. The maximum absolute atomic E-state index is 12.9. The lowest BCUT2D eigenvalue weighted by Crippen LogP contribution is -2.29. The number of aromatic carboxylic acids is 1.